The molecule has 0 spiro atoms. The Morgan fingerprint density at radius 1 is 0.800 bits per heavy atom. The van der Waals surface area contributed by atoms with Gasteiger partial charge in [-0.15, -0.1) is 0 Å². The molecule has 1 atom stereocenters. The Labute approximate surface area is 142 Å². The average molecular weight is 348 g/mol. The van der Waals surface area contributed by atoms with Gasteiger partial charge in [0.1, 0.15) is 0 Å². The Morgan fingerprint density at radius 2 is 1.36 bits per heavy atom. The van der Waals surface area contributed by atoms with Gasteiger partial charge in [-0.05, 0) is 58.0 Å². The van der Waals surface area contributed by atoms with Gasteiger partial charge in [-0.2, -0.15) is 13.2 Å². The summed E-state index contributed by atoms with van der Waals surface area (Å²) in [6.45, 7) is 0. The van der Waals surface area contributed by atoms with Gasteiger partial charge in [-0.1, -0.05) is 36.4 Å². The van der Waals surface area contributed by atoms with Gasteiger partial charge in [0.2, 0.25) is 0 Å². The van der Waals surface area contributed by atoms with Gasteiger partial charge in [0, 0.05) is 0 Å². The molecule has 3 aromatic rings. The standard InChI is InChI=1S/C18H16BF3O3/c20-18(21,22)17(23,7-8-19(24)25)16-6-5-14-9-12-3-1-2-4-13(12)10-15(14)11-16/h1-6,9-11,23-25H,7-8H2. The van der Waals surface area contributed by atoms with Crippen molar-refractivity contribution < 1.29 is 28.3 Å². The van der Waals surface area contributed by atoms with Crippen molar-refractivity contribution in [3.05, 3.63) is 60.2 Å². The van der Waals surface area contributed by atoms with Crippen LogP contribution in [0.1, 0.15) is 12.0 Å². The normalized spacial score (nSPS) is 14.6. The van der Waals surface area contributed by atoms with E-state index in [9.17, 15) is 18.3 Å². The van der Waals surface area contributed by atoms with Crippen LogP contribution in [0.5, 0.6) is 0 Å². The minimum atomic E-state index is -4.94. The van der Waals surface area contributed by atoms with E-state index in [1.54, 1.807) is 6.07 Å². The monoisotopic (exact) mass is 348 g/mol. The molecule has 0 fully saturated rings. The van der Waals surface area contributed by atoms with Gasteiger partial charge in [-0.25, -0.2) is 0 Å². The second-order valence-corrected chi connectivity index (χ2v) is 6.14. The Morgan fingerprint density at radius 3 is 1.92 bits per heavy atom. The molecule has 1 unspecified atom stereocenters. The summed E-state index contributed by atoms with van der Waals surface area (Å²) >= 11 is 0. The summed E-state index contributed by atoms with van der Waals surface area (Å²) in [6.07, 6.45) is -6.37. The molecule has 25 heavy (non-hydrogen) atoms. The van der Waals surface area contributed by atoms with Gasteiger partial charge >= 0.3 is 13.3 Å². The van der Waals surface area contributed by atoms with Crippen LogP contribution >= 0.6 is 0 Å². The molecule has 0 heterocycles. The van der Waals surface area contributed by atoms with E-state index in [1.807, 2.05) is 30.3 Å². The van der Waals surface area contributed by atoms with Crippen molar-refractivity contribution in [2.24, 2.45) is 0 Å². The first kappa shape index (κ1) is 17.7. The van der Waals surface area contributed by atoms with E-state index in [-0.39, 0.29) is 5.56 Å². The number of hydrogen-bond acceptors (Lipinski definition) is 3. The zero-order chi connectivity index (χ0) is 18.2. The maximum atomic E-state index is 13.5. The molecule has 3 aromatic carbocycles. The molecule has 0 aliphatic carbocycles. The van der Waals surface area contributed by atoms with Crippen molar-refractivity contribution in [2.75, 3.05) is 0 Å². The van der Waals surface area contributed by atoms with Crippen molar-refractivity contribution in [3.8, 4) is 0 Å². The highest BCUT2D eigenvalue weighted by Crippen LogP contribution is 2.43. The zero-order valence-corrected chi connectivity index (χ0v) is 13.2. The fourth-order valence-corrected chi connectivity index (χ4v) is 2.99. The molecule has 0 amide bonds. The summed E-state index contributed by atoms with van der Waals surface area (Å²) in [4.78, 5) is 0. The summed E-state index contributed by atoms with van der Waals surface area (Å²) in [6, 6.07) is 15.2. The predicted molar refractivity (Wildman–Crippen MR) is 91.0 cm³/mol. The molecule has 7 heteroatoms. The fourth-order valence-electron chi connectivity index (χ4n) is 2.99. The maximum Gasteiger partial charge on any atom is 0.451 e. The lowest BCUT2D eigenvalue weighted by molar-refractivity contribution is -0.267. The van der Waals surface area contributed by atoms with Crippen LogP contribution in [0.15, 0.2) is 54.6 Å². The molecule has 0 radical (unpaired) electrons. The van der Waals surface area contributed by atoms with Gasteiger partial charge < -0.3 is 15.2 Å². The summed E-state index contributed by atoms with van der Waals surface area (Å²) in [5.41, 5.74) is -3.46. The lowest BCUT2D eigenvalue weighted by Crippen LogP contribution is -2.43. The summed E-state index contributed by atoms with van der Waals surface area (Å²) < 4.78 is 40.4. The highest BCUT2D eigenvalue weighted by Gasteiger charge is 2.54. The summed E-state index contributed by atoms with van der Waals surface area (Å²) in [7, 11) is -1.92. The van der Waals surface area contributed by atoms with Crippen molar-refractivity contribution in [1.82, 2.24) is 0 Å². The van der Waals surface area contributed by atoms with Crippen LogP contribution in [0.2, 0.25) is 6.32 Å². The van der Waals surface area contributed by atoms with Gasteiger partial charge in [0.05, 0.1) is 0 Å². The molecule has 130 valence electrons. The number of halogens is 3. The minimum Gasteiger partial charge on any atom is -0.427 e. The predicted octanol–water partition coefficient (Wildman–Crippen LogP) is 3.61. The van der Waals surface area contributed by atoms with Gasteiger partial charge in [-0.3, -0.25) is 0 Å². The highest BCUT2D eigenvalue weighted by molar-refractivity contribution is 6.40. The van der Waals surface area contributed by atoms with Crippen LogP contribution in [0, 0.1) is 0 Å². The topological polar surface area (TPSA) is 60.7 Å². The molecule has 0 bridgehead atoms. The number of alkyl halides is 3. The molecule has 3 nitrogen and oxygen atoms in total. The third-order valence-corrected chi connectivity index (χ3v) is 4.42. The van der Waals surface area contributed by atoms with Crippen LogP contribution in [0.4, 0.5) is 13.2 Å². The molecule has 0 aliphatic heterocycles. The number of fused-ring (bicyclic) bond motifs is 2. The summed E-state index contributed by atoms with van der Waals surface area (Å²) in [5.74, 6) is 0. The minimum absolute atomic E-state index is 0.316. The first-order valence-electron chi connectivity index (χ1n) is 7.79. The van der Waals surface area contributed by atoms with E-state index < -0.39 is 31.6 Å². The van der Waals surface area contributed by atoms with Crippen LogP contribution < -0.4 is 0 Å². The Bertz CT molecular complexity index is 911. The molecule has 0 saturated carbocycles. The van der Waals surface area contributed by atoms with Crippen molar-refractivity contribution in [1.29, 1.82) is 0 Å². The largest absolute Gasteiger partial charge is 0.451 e. The van der Waals surface area contributed by atoms with Crippen LogP contribution in [0.3, 0.4) is 0 Å². The lowest BCUT2D eigenvalue weighted by Gasteiger charge is -2.31. The fraction of sp³-hybridized carbons (Fsp3) is 0.222. The molecule has 0 aliphatic rings. The number of hydrogen-bond donors (Lipinski definition) is 3. The van der Waals surface area contributed by atoms with Crippen LogP contribution in [0.25, 0.3) is 21.5 Å². The van der Waals surface area contributed by atoms with Gasteiger partial charge in [0.25, 0.3) is 0 Å². The van der Waals surface area contributed by atoms with E-state index in [1.165, 1.54) is 18.2 Å². The Hall–Kier alpha value is -2.09. The van der Waals surface area contributed by atoms with Crippen LogP contribution in [-0.4, -0.2) is 28.4 Å². The SMILES string of the molecule is OB(O)CCC(O)(c1ccc2cc3ccccc3cc2c1)C(F)(F)F. The van der Waals surface area contributed by atoms with E-state index in [2.05, 4.69) is 0 Å². The smallest absolute Gasteiger partial charge is 0.427 e. The zero-order valence-electron chi connectivity index (χ0n) is 13.2. The molecule has 0 aromatic heterocycles. The molecule has 3 N–H and O–H groups in total. The number of benzene rings is 3. The second kappa shape index (κ2) is 6.33. The van der Waals surface area contributed by atoms with Gasteiger partial charge in [0.15, 0.2) is 5.60 Å². The second-order valence-electron chi connectivity index (χ2n) is 6.14. The van der Waals surface area contributed by atoms with E-state index >= 15 is 0 Å². The maximum absolute atomic E-state index is 13.5. The molecule has 3 rings (SSSR count). The quantitative estimate of drug-likeness (QED) is 0.499. The van der Waals surface area contributed by atoms with E-state index in [0.29, 0.717) is 5.39 Å². The van der Waals surface area contributed by atoms with Crippen LogP contribution in [-0.2, 0) is 5.60 Å². The van der Waals surface area contributed by atoms with E-state index in [0.717, 1.165) is 16.2 Å². The molecular formula is C18H16BF3O3. The van der Waals surface area contributed by atoms with Crippen molar-refractivity contribution >= 4 is 28.7 Å². The first-order valence-corrected chi connectivity index (χ1v) is 7.79. The highest BCUT2D eigenvalue weighted by atomic mass is 19.4. The third-order valence-electron chi connectivity index (χ3n) is 4.42. The Kier molecular flexibility index (Phi) is 4.49. The van der Waals surface area contributed by atoms with Crippen molar-refractivity contribution in [3.63, 3.8) is 0 Å². The summed E-state index contributed by atoms with van der Waals surface area (Å²) in [5, 5.41) is 31.3. The lowest BCUT2D eigenvalue weighted by atomic mass is 9.76. The average Bonchev–Trinajstić information content (AvgIpc) is 2.56. The number of rotatable bonds is 4. The molecule has 0 saturated heterocycles. The first-order chi connectivity index (χ1) is 11.7. The third kappa shape index (κ3) is 3.35. The Balaban J connectivity index is 2.12. The molecular weight excluding hydrogens is 332 g/mol. The van der Waals surface area contributed by atoms with E-state index in [4.69, 9.17) is 10.0 Å². The number of aliphatic hydroxyl groups is 1. The van der Waals surface area contributed by atoms with Crippen molar-refractivity contribution in [2.45, 2.75) is 24.5 Å².